The van der Waals surface area contributed by atoms with Gasteiger partial charge in [-0.25, -0.2) is 0 Å². The standard InChI is InChI=1S/C22H35N3O4S/c1-5-6-7-8-9-10-11-12-19-13-15-20(16-14-19)23-30(28,29)24-21(17-22(26)27)18-25(2,3)4/h13-16,21,23-24H,5-10,17-18H2,1-4H3/p+1. The molecule has 0 amide bonds. The molecule has 0 heterocycles. The number of carbonyl (C=O) groups is 1. The molecular weight excluding hydrogens is 402 g/mol. The van der Waals surface area contributed by atoms with Crippen molar-refractivity contribution in [1.29, 1.82) is 0 Å². The Balaban J connectivity index is 2.63. The number of quaternary nitrogens is 1. The lowest BCUT2D eigenvalue weighted by atomic mass is 10.1. The number of aliphatic carboxylic acids is 1. The second kappa shape index (κ2) is 12.6. The quantitative estimate of drug-likeness (QED) is 0.250. The zero-order valence-electron chi connectivity index (χ0n) is 18.6. The van der Waals surface area contributed by atoms with Crippen LogP contribution in [0.15, 0.2) is 24.3 Å². The molecule has 0 aliphatic rings. The van der Waals surface area contributed by atoms with Crippen LogP contribution in [0, 0.1) is 11.8 Å². The largest absolute Gasteiger partial charge is 0.481 e. The molecule has 0 fully saturated rings. The van der Waals surface area contributed by atoms with Crippen molar-refractivity contribution in [3.05, 3.63) is 29.8 Å². The summed E-state index contributed by atoms with van der Waals surface area (Å²) in [6.07, 6.45) is 6.62. The molecule has 1 rings (SSSR count). The van der Waals surface area contributed by atoms with E-state index in [1.165, 1.54) is 25.7 Å². The van der Waals surface area contributed by atoms with E-state index in [0.29, 0.717) is 16.7 Å². The Hall–Kier alpha value is -2.08. The molecule has 30 heavy (non-hydrogen) atoms. The molecular formula is C22H36N3O4S+. The van der Waals surface area contributed by atoms with Crippen LogP contribution in [0.1, 0.15) is 57.4 Å². The summed E-state index contributed by atoms with van der Waals surface area (Å²) in [5.74, 6) is 5.20. The zero-order valence-corrected chi connectivity index (χ0v) is 19.4. The van der Waals surface area contributed by atoms with Gasteiger partial charge in [-0.1, -0.05) is 44.4 Å². The van der Waals surface area contributed by atoms with Crippen molar-refractivity contribution >= 4 is 21.9 Å². The molecule has 0 spiro atoms. The zero-order chi connectivity index (χ0) is 22.6. The summed E-state index contributed by atoms with van der Waals surface area (Å²) in [6, 6.07) is 6.11. The Morgan fingerprint density at radius 2 is 1.73 bits per heavy atom. The molecule has 0 aliphatic heterocycles. The number of nitrogens with one attached hydrogen (secondary N) is 2. The molecule has 0 bridgehead atoms. The number of nitrogens with zero attached hydrogens (tertiary/aromatic N) is 1. The fourth-order valence-electron chi connectivity index (χ4n) is 3.02. The molecule has 1 aromatic carbocycles. The maximum atomic E-state index is 12.4. The van der Waals surface area contributed by atoms with Gasteiger partial charge in [0, 0.05) is 17.7 Å². The van der Waals surface area contributed by atoms with Gasteiger partial charge in [0.1, 0.15) is 0 Å². The minimum absolute atomic E-state index is 0.288. The first-order valence-corrected chi connectivity index (χ1v) is 11.9. The lowest BCUT2D eigenvalue weighted by Gasteiger charge is -2.29. The van der Waals surface area contributed by atoms with Crippen molar-refractivity contribution in [2.45, 2.75) is 57.9 Å². The van der Waals surface area contributed by atoms with Gasteiger partial charge < -0.3 is 9.59 Å². The molecule has 1 unspecified atom stereocenters. The minimum Gasteiger partial charge on any atom is -0.481 e. The molecule has 0 radical (unpaired) electrons. The van der Waals surface area contributed by atoms with E-state index in [-0.39, 0.29) is 6.42 Å². The van der Waals surface area contributed by atoms with Crippen LogP contribution in [0.5, 0.6) is 0 Å². The number of hydrogen-bond acceptors (Lipinski definition) is 3. The van der Waals surface area contributed by atoms with E-state index in [9.17, 15) is 13.2 Å². The van der Waals surface area contributed by atoms with Gasteiger partial charge in [0.2, 0.25) is 0 Å². The fourth-order valence-corrected chi connectivity index (χ4v) is 4.12. The summed E-state index contributed by atoms with van der Waals surface area (Å²) in [5, 5.41) is 9.07. The number of carboxylic acid groups (broad SMARTS) is 1. The first kappa shape index (κ1) is 26.0. The Labute approximate surface area is 181 Å². The Morgan fingerprint density at radius 1 is 1.10 bits per heavy atom. The van der Waals surface area contributed by atoms with Gasteiger partial charge in [-0.3, -0.25) is 9.52 Å². The third-order valence-corrected chi connectivity index (χ3v) is 5.43. The fraction of sp³-hybridized carbons (Fsp3) is 0.591. The average molecular weight is 439 g/mol. The molecule has 0 aromatic heterocycles. The van der Waals surface area contributed by atoms with Crippen LogP contribution in [0.4, 0.5) is 5.69 Å². The van der Waals surface area contributed by atoms with Crippen molar-refractivity contribution in [3.63, 3.8) is 0 Å². The normalized spacial score (nSPS) is 12.7. The van der Waals surface area contributed by atoms with E-state index < -0.39 is 22.2 Å². The number of hydrogen-bond donors (Lipinski definition) is 3. The SMILES string of the molecule is CCCCCCCC#Cc1ccc(NS(=O)(=O)NC(CC(=O)O)C[N+](C)(C)C)cc1. The maximum absolute atomic E-state index is 12.4. The second-order valence-electron chi connectivity index (χ2n) is 8.53. The summed E-state index contributed by atoms with van der Waals surface area (Å²) in [6.45, 7) is 2.54. The second-order valence-corrected chi connectivity index (χ2v) is 9.98. The topological polar surface area (TPSA) is 95.5 Å². The Kier molecular flexibility index (Phi) is 10.9. The van der Waals surface area contributed by atoms with Gasteiger partial charge in [0.15, 0.2) is 0 Å². The molecule has 0 saturated carbocycles. The first-order valence-electron chi connectivity index (χ1n) is 10.4. The monoisotopic (exact) mass is 438 g/mol. The van der Waals surface area contributed by atoms with E-state index in [4.69, 9.17) is 5.11 Å². The number of benzene rings is 1. The van der Waals surface area contributed by atoms with Crippen LogP contribution in [-0.4, -0.2) is 57.7 Å². The number of rotatable bonds is 13. The van der Waals surface area contributed by atoms with Crippen LogP contribution >= 0.6 is 0 Å². The third kappa shape index (κ3) is 12.5. The molecule has 8 heteroatoms. The highest BCUT2D eigenvalue weighted by molar-refractivity contribution is 7.90. The molecule has 0 aliphatic carbocycles. The van der Waals surface area contributed by atoms with Crippen LogP contribution in [-0.2, 0) is 15.0 Å². The van der Waals surface area contributed by atoms with Crippen LogP contribution in [0.2, 0.25) is 0 Å². The van der Waals surface area contributed by atoms with Crippen molar-refractivity contribution in [3.8, 4) is 11.8 Å². The summed E-state index contributed by atoms with van der Waals surface area (Å²) >= 11 is 0. The predicted octanol–water partition coefficient (Wildman–Crippen LogP) is 3.19. The molecule has 0 saturated heterocycles. The summed E-state index contributed by atoms with van der Waals surface area (Å²) in [4.78, 5) is 11.1. The van der Waals surface area contributed by atoms with E-state index in [1.807, 2.05) is 21.1 Å². The van der Waals surface area contributed by atoms with Gasteiger partial charge in [-0.05, 0) is 30.7 Å². The highest BCUT2D eigenvalue weighted by Gasteiger charge is 2.25. The van der Waals surface area contributed by atoms with Gasteiger partial charge >= 0.3 is 5.97 Å². The molecule has 3 N–H and O–H groups in total. The van der Waals surface area contributed by atoms with E-state index in [0.717, 1.165) is 18.4 Å². The van der Waals surface area contributed by atoms with Crippen LogP contribution in [0.3, 0.4) is 0 Å². The number of unbranched alkanes of at least 4 members (excludes halogenated alkanes) is 5. The van der Waals surface area contributed by atoms with E-state index in [1.54, 1.807) is 24.3 Å². The lowest BCUT2D eigenvalue weighted by molar-refractivity contribution is -0.871. The molecule has 1 aromatic rings. The Morgan fingerprint density at radius 3 is 2.30 bits per heavy atom. The van der Waals surface area contributed by atoms with Gasteiger partial charge in [-0.15, -0.1) is 0 Å². The minimum atomic E-state index is -3.91. The number of likely N-dealkylation sites (N-methyl/N-ethyl adjacent to an activating group) is 1. The molecule has 7 nitrogen and oxygen atoms in total. The van der Waals surface area contributed by atoms with Crippen LogP contribution < -0.4 is 9.44 Å². The van der Waals surface area contributed by atoms with E-state index >= 15 is 0 Å². The number of carboxylic acids is 1. The summed E-state index contributed by atoms with van der Waals surface area (Å²) in [5.41, 5.74) is 1.22. The summed E-state index contributed by atoms with van der Waals surface area (Å²) in [7, 11) is 1.72. The first-order chi connectivity index (χ1) is 14.0. The van der Waals surface area contributed by atoms with Gasteiger partial charge in [0.05, 0.1) is 40.2 Å². The van der Waals surface area contributed by atoms with Crippen molar-refractivity contribution in [2.75, 3.05) is 32.4 Å². The van der Waals surface area contributed by atoms with Gasteiger partial charge in [-0.2, -0.15) is 13.1 Å². The highest BCUT2D eigenvalue weighted by Crippen LogP contribution is 2.12. The number of anilines is 1. The Bertz CT molecular complexity index is 819. The van der Waals surface area contributed by atoms with Crippen LogP contribution in [0.25, 0.3) is 0 Å². The lowest BCUT2D eigenvalue weighted by Crippen LogP contribution is -2.50. The predicted molar refractivity (Wildman–Crippen MR) is 121 cm³/mol. The van der Waals surface area contributed by atoms with Crippen molar-refractivity contribution < 1.29 is 22.8 Å². The van der Waals surface area contributed by atoms with Crippen molar-refractivity contribution in [1.82, 2.24) is 4.72 Å². The molecule has 1 atom stereocenters. The maximum Gasteiger partial charge on any atom is 0.305 e. The summed E-state index contributed by atoms with van der Waals surface area (Å²) < 4.78 is 30.2. The highest BCUT2D eigenvalue weighted by atomic mass is 32.2. The third-order valence-electron chi connectivity index (χ3n) is 4.29. The van der Waals surface area contributed by atoms with E-state index in [2.05, 4.69) is 28.2 Å². The smallest absolute Gasteiger partial charge is 0.305 e. The molecule has 168 valence electrons. The van der Waals surface area contributed by atoms with Crippen molar-refractivity contribution in [2.24, 2.45) is 0 Å². The average Bonchev–Trinajstić information content (AvgIpc) is 2.59. The van der Waals surface area contributed by atoms with Gasteiger partial charge in [0.25, 0.3) is 10.2 Å².